The maximum absolute atomic E-state index is 4.92. The van der Waals surface area contributed by atoms with Gasteiger partial charge in [-0.05, 0) is 12.3 Å². The van der Waals surface area contributed by atoms with Crippen molar-refractivity contribution in [1.29, 1.82) is 0 Å². The van der Waals surface area contributed by atoms with E-state index in [-0.39, 0.29) is 0 Å². The van der Waals surface area contributed by atoms with Crippen LogP contribution in [-0.4, -0.2) is 5.25 Å². The minimum Gasteiger partial charge on any atom is -0.0907 e. The van der Waals surface area contributed by atoms with Gasteiger partial charge in [-0.2, -0.15) is 0 Å². The molecule has 0 rings (SSSR count). The third-order valence-electron chi connectivity index (χ3n) is 0.734. The van der Waals surface area contributed by atoms with Crippen molar-refractivity contribution in [1.82, 2.24) is 0 Å². The third-order valence-corrected chi connectivity index (χ3v) is 0.927. The highest BCUT2D eigenvalue weighted by Gasteiger charge is 1.97. The zero-order chi connectivity index (χ0) is 5.86. The van der Waals surface area contributed by atoms with Crippen LogP contribution in [0.5, 0.6) is 0 Å². The first-order chi connectivity index (χ1) is 3.13. The summed E-state index contributed by atoms with van der Waals surface area (Å²) in [6.45, 7) is 7.94. The van der Waals surface area contributed by atoms with Crippen molar-refractivity contribution >= 4 is 12.6 Å². The third kappa shape index (κ3) is 6.35. The van der Waals surface area contributed by atoms with Crippen LogP contribution in [0.4, 0.5) is 0 Å². The van der Waals surface area contributed by atoms with Crippen molar-refractivity contribution < 1.29 is 0 Å². The predicted molar refractivity (Wildman–Crippen MR) is 36.2 cm³/mol. The van der Waals surface area contributed by atoms with E-state index in [4.69, 9.17) is 12.6 Å². The second-order valence-electron chi connectivity index (χ2n) is 2.15. The maximum atomic E-state index is 4.92. The van der Waals surface area contributed by atoms with Gasteiger partial charge in [0.2, 0.25) is 0 Å². The molecule has 0 aromatic carbocycles. The summed E-state index contributed by atoms with van der Waals surface area (Å²) in [5.74, 6) is 0.521. The lowest BCUT2D eigenvalue weighted by molar-refractivity contribution is 0.643. The molecule has 0 aromatic heterocycles. The molecular formula is C6H12S. The quantitative estimate of drug-likeness (QED) is 0.520. The molecule has 2 atom stereocenters. The summed E-state index contributed by atoms with van der Waals surface area (Å²) in [5.41, 5.74) is 0. The highest BCUT2D eigenvalue weighted by atomic mass is 32.1. The molecule has 0 saturated carbocycles. The van der Waals surface area contributed by atoms with Gasteiger partial charge in [0.15, 0.2) is 0 Å². The number of rotatable bonds is 2. The molecule has 1 heteroatoms. The highest BCUT2D eigenvalue weighted by Crippen LogP contribution is 2.07. The first kappa shape index (κ1) is 7.35. The Bertz CT molecular complexity index is 33.4. The molecule has 0 amide bonds. The maximum Gasteiger partial charge on any atom is 0.0125 e. The smallest absolute Gasteiger partial charge is 0.0125 e. The van der Waals surface area contributed by atoms with Gasteiger partial charge in [-0.15, -0.1) is 0 Å². The summed E-state index contributed by atoms with van der Waals surface area (Å²) < 4.78 is 0. The Morgan fingerprint density at radius 3 is 2.00 bits per heavy atom. The van der Waals surface area contributed by atoms with Crippen LogP contribution < -0.4 is 0 Å². The molecule has 0 N–H and O–H groups in total. The van der Waals surface area contributed by atoms with Crippen LogP contribution in [0, 0.1) is 12.8 Å². The zero-order valence-electron chi connectivity index (χ0n) is 4.98. The van der Waals surface area contributed by atoms with E-state index >= 15 is 0 Å². The minimum atomic E-state index is 0.396. The van der Waals surface area contributed by atoms with E-state index < -0.39 is 0 Å². The predicted octanol–water partition coefficient (Wildman–Crippen LogP) is 2.43. The monoisotopic (exact) mass is 116 g/mol. The molecule has 0 nitrogen and oxygen atoms in total. The van der Waals surface area contributed by atoms with Gasteiger partial charge in [-0.3, -0.25) is 0 Å². The Balaban J connectivity index is 2.95. The fourth-order valence-electron chi connectivity index (χ4n) is 0.567. The SMILES string of the molecule is [CH2]C(C)CC(C)[S]. The lowest BCUT2D eigenvalue weighted by Gasteiger charge is -2.03. The van der Waals surface area contributed by atoms with Crippen molar-refractivity contribution in [2.24, 2.45) is 5.92 Å². The summed E-state index contributed by atoms with van der Waals surface area (Å²) in [7, 11) is 0. The van der Waals surface area contributed by atoms with Gasteiger partial charge in [-0.25, -0.2) is 0 Å². The molecule has 0 aliphatic rings. The lowest BCUT2D eigenvalue weighted by Crippen LogP contribution is -1.96. The van der Waals surface area contributed by atoms with E-state index in [1.54, 1.807) is 0 Å². The summed E-state index contributed by atoms with van der Waals surface area (Å²) in [6.07, 6.45) is 1.06. The summed E-state index contributed by atoms with van der Waals surface area (Å²) in [4.78, 5) is 0. The Labute approximate surface area is 51.7 Å². The Hall–Kier alpha value is 0.350. The van der Waals surface area contributed by atoms with Crippen LogP contribution in [0.15, 0.2) is 0 Å². The molecular weight excluding hydrogens is 104 g/mol. The van der Waals surface area contributed by atoms with Gasteiger partial charge in [-0.1, -0.05) is 33.4 Å². The van der Waals surface area contributed by atoms with E-state index in [9.17, 15) is 0 Å². The van der Waals surface area contributed by atoms with Crippen LogP contribution in [-0.2, 0) is 0 Å². The van der Waals surface area contributed by atoms with E-state index in [0.717, 1.165) is 6.42 Å². The van der Waals surface area contributed by atoms with Gasteiger partial charge in [0.05, 0.1) is 0 Å². The minimum absolute atomic E-state index is 0.396. The van der Waals surface area contributed by atoms with E-state index in [1.165, 1.54) is 0 Å². The molecule has 0 spiro atoms. The summed E-state index contributed by atoms with van der Waals surface area (Å²) in [5, 5.41) is 0.396. The van der Waals surface area contributed by atoms with Gasteiger partial charge in [0.25, 0.3) is 0 Å². The molecule has 0 bridgehead atoms. The molecule has 0 aliphatic carbocycles. The Kier molecular flexibility index (Phi) is 3.53. The molecule has 0 aromatic rings. The van der Waals surface area contributed by atoms with Crippen LogP contribution >= 0.6 is 12.6 Å². The van der Waals surface area contributed by atoms with Crippen molar-refractivity contribution in [3.05, 3.63) is 6.92 Å². The van der Waals surface area contributed by atoms with Gasteiger partial charge in [0, 0.05) is 5.25 Å². The summed E-state index contributed by atoms with van der Waals surface area (Å²) in [6, 6.07) is 0. The Morgan fingerprint density at radius 1 is 1.57 bits per heavy atom. The molecule has 0 aliphatic heterocycles. The van der Waals surface area contributed by atoms with Gasteiger partial charge >= 0.3 is 0 Å². The van der Waals surface area contributed by atoms with Crippen molar-refractivity contribution in [2.75, 3.05) is 0 Å². The van der Waals surface area contributed by atoms with E-state index in [2.05, 4.69) is 13.8 Å². The van der Waals surface area contributed by atoms with Crippen molar-refractivity contribution in [3.63, 3.8) is 0 Å². The van der Waals surface area contributed by atoms with E-state index in [0.29, 0.717) is 11.2 Å². The second kappa shape index (κ2) is 3.36. The lowest BCUT2D eigenvalue weighted by atomic mass is 10.1. The van der Waals surface area contributed by atoms with Crippen LogP contribution in [0.3, 0.4) is 0 Å². The average Bonchev–Trinajstić information content (AvgIpc) is 1.27. The zero-order valence-corrected chi connectivity index (χ0v) is 5.79. The fraction of sp³-hybridized carbons (Fsp3) is 0.833. The van der Waals surface area contributed by atoms with Crippen LogP contribution in [0.25, 0.3) is 0 Å². The molecule has 0 heterocycles. The molecule has 2 radical (unpaired) electrons. The summed E-state index contributed by atoms with van der Waals surface area (Å²) >= 11 is 4.92. The fourth-order valence-corrected chi connectivity index (χ4v) is 0.895. The molecule has 42 valence electrons. The highest BCUT2D eigenvalue weighted by molar-refractivity contribution is 7.80. The van der Waals surface area contributed by atoms with Crippen molar-refractivity contribution in [2.45, 2.75) is 25.5 Å². The number of hydrogen-bond donors (Lipinski definition) is 0. The van der Waals surface area contributed by atoms with Crippen LogP contribution in [0.2, 0.25) is 0 Å². The van der Waals surface area contributed by atoms with Gasteiger partial charge in [0.1, 0.15) is 0 Å². The normalized spacial score (nSPS) is 15.0. The molecule has 2 unspecified atom stereocenters. The second-order valence-corrected chi connectivity index (χ2v) is 2.96. The average molecular weight is 116 g/mol. The molecule has 7 heavy (non-hydrogen) atoms. The van der Waals surface area contributed by atoms with Gasteiger partial charge < -0.3 is 0 Å². The molecule has 0 saturated heterocycles. The van der Waals surface area contributed by atoms with Crippen molar-refractivity contribution in [3.8, 4) is 0 Å². The first-order valence-corrected chi connectivity index (χ1v) is 3.09. The van der Waals surface area contributed by atoms with E-state index in [1.807, 2.05) is 6.92 Å². The molecule has 0 fully saturated rings. The topological polar surface area (TPSA) is 0 Å². The van der Waals surface area contributed by atoms with Crippen LogP contribution in [0.1, 0.15) is 20.3 Å². The standard InChI is InChI=1S/C6H12S/c1-5(2)4-6(3)7/h5-6H,1,4H2,2-3H3. The Morgan fingerprint density at radius 2 is 2.00 bits per heavy atom. The first-order valence-electron chi connectivity index (χ1n) is 2.62. The number of hydrogen-bond acceptors (Lipinski definition) is 0. The largest absolute Gasteiger partial charge is 0.0907 e.